The van der Waals surface area contributed by atoms with Gasteiger partial charge in [-0.3, -0.25) is 4.79 Å². The lowest BCUT2D eigenvalue weighted by atomic mass is 10.0. The molecular weight excluding hydrogens is 247 g/mol. The molecule has 0 spiro atoms. The van der Waals surface area contributed by atoms with E-state index in [-0.39, 0.29) is 0 Å². The highest BCUT2D eigenvalue weighted by Gasteiger charge is 2.37. The molecule has 0 heterocycles. The van der Waals surface area contributed by atoms with Gasteiger partial charge in [-0.2, -0.15) is 25.8 Å². The number of carbonyl (C=O) groups is 2. The summed E-state index contributed by atoms with van der Waals surface area (Å²) in [6.45, 7) is 2.76. The van der Waals surface area contributed by atoms with Gasteiger partial charge >= 0.3 is 12.1 Å². The number of hydrogen-bond donors (Lipinski definition) is 3. The van der Waals surface area contributed by atoms with Crippen molar-refractivity contribution in [3.63, 3.8) is 0 Å². The second kappa shape index (κ2) is 4.94. The molecule has 1 unspecified atom stereocenters. The Morgan fingerprint density at radius 3 is 2.06 bits per heavy atom. The first-order valence-corrected chi connectivity index (χ1v) is 4.69. The van der Waals surface area contributed by atoms with E-state index in [0.717, 1.165) is 0 Å². The molecule has 1 atom stereocenters. The molecule has 4 nitrogen and oxygen atoms in total. The van der Waals surface area contributed by atoms with E-state index in [2.05, 4.69) is 12.6 Å². The van der Waals surface area contributed by atoms with Gasteiger partial charge in [0, 0.05) is 4.75 Å². The van der Waals surface area contributed by atoms with E-state index < -0.39 is 35.3 Å². The molecule has 0 fully saturated rings. The normalized spacial score (nSPS) is 14.4. The smallest absolute Gasteiger partial charge is 0.397 e. The van der Waals surface area contributed by atoms with Crippen LogP contribution in [-0.2, 0) is 9.59 Å². The summed E-state index contributed by atoms with van der Waals surface area (Å²) in [7, 11) is 0. The van der Waals surface area contributed by atoms with Gasteiger partial charge in [-0.25, -0.2) is 4.79 Å². The van der Waals surface area contributed by atoms with Crippen molar-refractivity contribution in [2.24, 2.45) is 0 Å². The van der Waals surface area contributed by atoms with Crippen molar-refractivity contribution in [3.8, 4) is 0 Å². The highest BCUT2D eigenvalue weighted by molar-refractivity contribution is 7.81. The second-order valence-corrected chi connectivity index (χ2v) is 4.94. The first-order valence-electron chi connectivity index (χ1n) is 4.25. The molecule has 0 aliphatic heterocycles. The molecule has 0 aromatic carbocycles. The van der Waals surface area contributed by atoms with Crippen LogP contribution in [0, 0.1) is 0 Å². The first kappa shape index (κ1) is 15.1. The van der Waals surface area contributed by atoms with Crippen LogP contribution in [-0.4, -0.2) is 33.9 Å². The number of carboxylic acid groups (broad SMARTS) is 1. The molecule has 0 aromatic rings. The summed E-state index contributed by atoms with van der Waals surface area (Å²) in [4.78, 5) is 21.6. The molecule has 0 aliphatic carbocycles. The van der Waals surface area contributed by atoms with Crippen LogP contribution in [0.2, 0.25) is 0 Å². The van der Waals surface area contributed by atoms with Crippen LogP contribution >= 0.6 is 12.6 Å². The number of aliphatic carboxylic acids is 1. The molecule has 2 N–H and O–H groups in total. The fraction of sp³-hybridized carbons (Fsp3) is 0.750. The molecular formula is C8H12F3NO3S. The number of amides is 1. The van der Waals surface area contributed by atoms with Gasteiger partial charge in [0.2, 0.25) is 5.91 Å². The molecule has 0 aromatic heterocycles. The SMILES string of the molecule is CC(C)(S)C(NC(=O)CC(F)(F)F)C(=O)O. The number of carbonyl (C=O) groups excluding carboxylic acids is 1. The highest BCUT2D eigenvalue weighted by Crippen LogP contribution is 2.21. The Bertz CT molecular complexity index is 285. The van der Waals surface area contributed by atoms with Crippen molar-refractivity contribution in [3.05, 3.63) is 0 Å². The topological polar surface area (TPSA) is 66.4 Å². The number of alkyl halides is 3. The summed E-state index contributed by atoms with van der Waals surface area (Å²) in [5, 5.41) is 10.5. The van der Waals surface area contributed by atoms with Gasteiger partial charge in [0.25, 0.3) is 0 Å². The van der Waals surface area contributed by atoms with Crippen molar-refractivity contribution in [1.29, 1.82) is 0 Å². The van der Waals surface area contributed by atoms with E-state index in [4.69, 9.17) is 5.11 Å². The number of rotatable bonds is 4. The fourth-order valence-corrected chi connectivity index (χ4v) is 1.11. The van der Waals surface area contributed by atoms with Gasteiger partial charge in [0.05, 0.1) is 0 Å². The minimum absolute atomic E-state index is 1.16. The van der Waals surface area contributed by atoms with Gasteiger partial charge < -0.3 is 10.4 Å². The van der Waals surface area contributed by atoms with E-state index in [9.17, 15) is 22.8 Å². The molecule has 0 radical (unpaired) electrons. The lowest BCUT2D eigenvalue weighted by molar-refractivity contribution is -0.157. The maximum atomic E-state index is 11.8. The van der Waals surface area contributed by atoms with Crippen LogP contribution in [0.1, 0.15) is 20.3 Å². The summed E-state index contributed by atoms with van der Waals surface area (Å²) in [5.41, 5.74) is 0. The zero-order chi connectivity index (χ0) is 13.1. The summed E-state index contributed by atoms with van der Waals surface area (Å²) in [6, 6.07) is -1.48. The zero-order valence-corrected chi connectivity index (χ0v) is 9.52. The Balaban J connectivity index is 4.56. The summed E-state index contributed by atoms with van der Waals surface area (Å²) < 4.78 is 34.3. The van der Waals surface area contributed by atoms with Gasteiger partial charge in [0.1, 0.15) is 12.5 Å². The lowest BCUT2D eigenvalue weighted by Gasteiger charge is -2.26. The Labute approximate surface area is 95.6 Å². The number of thiol groups is 1. The number of carboxylic acids is 1. The predicted octanol–water partition coefficient (Wildman–Crippen LogP) is 1.22. The van der Waals surface area contributed by atoms with E-state index in [1.807, 2.05) is 0 Å². The summed E-state index contributed by atoms with van der Waals surface area (Å²) in [5.74, 6) is -2.82. The monoisotopic (exact) mass is 259 g/mol. The van der Waals surface area contributed by atoms with E-state index >= 15 is 0 Å². The van der Waals surface area contributed by atoms with Crippen molar-refractivity contribution in [2.75, 3.05) is 0 Å². The van der Waals surface area contributed by atoms with Gasteiger partial charge in [0.15, 0.2) is 0 Å². The number of halogens is 3. The molecule has 8 heteroatoms. The molecule has 0 saturated carbocycles. The molecule has 0 aliphatic rings. The largest absolute Gasteiger partial charge is 0.480 e. The quantitative estimate of drug-likeness (QED) is 0.665. The second-order valence-electron chi connectivity index (χ2n) is 3.78. The average Bonchev–Trinajstić information content (AvgIpc) is 1.93. The Hall–Kier alpha value is -0.920. The highest BCUT2D eigenvalue weighted by atomic mass is 32.1. The molecule has 94 valence electrons. The van der Waals surface area contributed by atoms with Gasteiger partial charge in [-0.1, -0.05) is 0 Å². The van der Waals surface area contributed by atoms with Crippen molar-refractivity contribution in [1.82, 2.24) is 5.32 Å². The third-order valence-electron chi connectivity index (χ3n) is 1.62. The lowest BCUT2D eigenvalue weighted by Crippen LogP contribution is -2.52. The van der Waals surface area contributed by atoms with Crippen LogP contribution in [0.3, 0.4) is 0 Å². The molecule has 0 rings (SSSR count). The molecule has 0 bridgehead atoms. The molecule has 0 saturated heterocycles. The fourth-order valence-electron chi connectivity index (χ4n) is 0.935. The van der Waals surface area contributed by atoms with Crippen LogP contribution in [0.25, 0.3) is 0 Å². The van der Waals surface area contributed by atoms with Gasteiger partial charge in [-0.15, -0.1) is 0 Å². The average molecular weight is 259 g/mol. The Morgan fingerprint density at radius 1 is 1.38 bits per heavy atom. The summed E-state index contributed by atoms with van der Waals surface area (Å²) in [6.07, 6.45) is -6.37. The zero-order valence-electron chi connectivity index (χ0n) is 8.63. The standard InChI is InChI=1S/C8H12F3NO3S/c1-7(2,16)5(6(14)15)12-4(13)3-8(9,10)11/h5,16H,3H2,1-2H3,(H,12,13)(H,14,15). The number of hydrogen-bond acceptors (Lipinski definition) is 3. The maximum absolute atomic E-state index is 11.8. The summed E-state index contributed by atoms with van der Waals surface area (Å²) >= 11 is 3.90. The minimum atomic E-state index is -4.66. The van der Waals surface area contributed by atoms with Crippen molar-refractivity contribution in [2.45, 2.75) is 37.2 Å². The first-order chi connectivity index (χ1) is 6.93. The Kier molecular flexibility index (Phi) is 4.66. The van der Waals surface area contributed by atoms with E-state index in [1.165, 1.54) is 13.8 Å². The van der Waals surface area contributed by atoms with Crippen LogP contribution < -0.4 is 5.32 Å². The van der Waals surface area contributed by atoms with Crippen LogP contribution in [0.4, 0.5) is 13.2 Å². The van der Waals surface area contributed by atoms with Gasteiger partial charge in [-0.05, 0) is 13.8 Å². The van der Waals surface area contributed by atoms with Crippen molar-refractivity contribution >= 4 is 24.5 Å². The van der Waals surface area contributed by atoms with Crippen LogP contribution in [0.5, 0.6) is 0 Å². The predicted molar refractivity (Wildman–Crippen MR) is 53.3 cm³/mol. The maximum Gasteiger partial charge on any atom is 0.397 e. The molecule has 1 amide bonds. The van der Waals surface area contributed by atoms with Crippen LogP contribution in [0.15, 0.2) is 0 Å². The number of nitrogens with one attached hydrogen (secondary N) is 1. The molecule has 16 heavy (non-hydrogen) atoms. The Morgan fingerprint density at radius 2 is 1.81 bits per heavy atom. The van der Waals surface area contributed by atoms with E-state index in [1.54, 1.807) is 5.32 Å². The van der Waals surface area contributed by atoms with Crippen molar-refractivity contribution < 1.29 is 27.9 Å². The third kappa shape index (κ3) is 5.84. The third-order valence-corrected chi connectivity index (χ3v) is 1.88. The van der Waals surface area contributed by atoms with E-state index in [0.29, 0.717) is 0 Å². The minimum Gasteiger partial charge on any atom is -0.480 e.